The molecule has 0 aromatic heterocycles. The maximum Gasteiger partial charge on any atom is 0.255 e. The minimum absolute atomic E-state index is 0. The molecule has 0 atom stereocenters. The molecule has 4 aromatic rings. The number of rotatable bonds is 10. The molecule has 0 aliphatic carbocycles. The summed E-state index contributed by atoms with van der Waals surface area (Å²) < 4.78 is 12.9. The second-order valence-electron chi connectivity index (χ2n) is 15.1. The van der Waals surface area contributed by atoms with Gasteiger partial charge in [-0.2, -0.15) is 0 Å². The molecule has 56 heavy (non-hydrogen) atoms. The van der Waals surface area contributed by atoms with Crippen molar-refractivity contribution < 1.29 is 52.8 Å². The number of quaternary nitrogens is 2. The maximum atomic E-state index is 12.4. The highest BCUT2D eigenvalue weighted by Gasteiger charge is 2.31. The number of carbonyl (C=O) groups is 2. The number of carbonyl (C=O) groups excluding carboxylic acids is 2. The molecule has 2 heterocycles. The quantitative estimate of drug-likeness (QED) is 0.237. The smallest absolute Gasteiger partial charge is 0.255 e. The van der Waals surface area contributed by atoms with Crippen LogP contribution in [-0.2, 0) is 22.6 Å². The van der Waals surface area contributed by atoms with Gasteiger partial charge in [0.25, 0.3) is 11.8 Å². The third-order valence-electron chi connectivity index (χ3n) is 10.3. The number of benzene rings is 4. The first kappa shape index (κ1) is 47.8. The Morgan fingerprint density at radius 3 is 1.16 bits per heavy atom. The molecule has 0 radical (unpaired) electrons. The zero-order chi connectivity index (χ0) is 38.9. The fourth-order valence-electron chi connectivity index (χ4n) is 7.04. The van der Waals surface area contributed by atoms with Crippen molar-refractivity contribution in [1.82, 2.24) is 0 Å². The fourth-order valence-corrected chi connectivity index (χ4v) is 7.63. The maximum absolute atomic E-state index is 12.4. The summed E-state index contributed by atoms with van der Waals surface area (Å²) in [5.41, 5.74) is 4.96. The molecule has 2 fully saturated rings. The van der Waals surface area contributed by atoms with Crippen LogP contribution >= 0.6 is 46.4 Å². The molecule has 0 spiro atoms. The number of amides is 2. The van der Waals surface area contributed by atoms with Crippen LogP contribution in [0.4, 0.5) is 11.4 Å². The average molecular weight is 888 g/mol. The molecular formula is C42H50Cl6N4O4. The van der Waals surface area contributed by atoms with Gasteiger partial charge in [-0.15, -0.1) is 0 Å². The van der Waals surface area contributed by atoms with Gasteiger partial charge in [0.2, 0.25) is 0 Å². The van der Waals surface area contributed by atoms with Gasteiger partial charge in [-0.25, -0.2) is 0 Å². The van der Waals surface area contributed by atoms with Gasteiger partial charge in [0.1, 0.15) is 13.1 Å². The van der Waals surface area contributed by atoms with E-state index in [2.05, 4.69) is 63.1 Å². The van der Waals surface area contributed by atoms with Crippen molar-refractivity contribution in [3.8, 4) is 0 Å². The normalized spacial score (nSPS) is 15.0. The monoisotopic (exact) mass is 884 g/mol. The van der Waals surface area contributed by atoms with Crippen molar-refractivity contribution in [2.45, 2.75) is 50.9 Å². The van der Waals surface area contributed by atoms with Crippen LogP contribution in [-0.4, -0.2) is 87.5 Å². The molecule has 2 aliphatic rings. The van der Waals surface area contributed by atoms with Gasteiger partial charge in [0.15, 0.2) is 0 Å². The summed E-state index contributed by atoms with van der Waals surface area (Å²) in [5.74, 6) is -0.417. The first-order valence-corrected chi connectivity index (χ1v) is 19.7. The SMILES string of the molecule is C[N+](C)(Cc1ccc(NC(=O)c2ccc(Cl)c(Cl)c2)cc1)C1CCOCC1.C[N+](C)(Cc1ccc(NC(=O)c2ccc(Cl)c(Cl)c2)cc1)C1CCOCC1.[Cl-].[Cl-]. The number of hydrogen-bond acceptors (Lipinski definition) is 4. The third kappa shape index (κ3) is 13.8. The molecule has 2 saturated heterocycles. The Bertz CT molecular complexity index is 1740. The Morgan fingerprint density at radius 1 is 0.536 bits per heavy atom. The van der Waals surface area contributed by atoms with E-state index in [4.69, 9.17) is 55.9 Å². The summed E-state index contributed by atoms with van der Waals surface area (Å²) in [6.45, 7) is 5.31. The summed E-state index contributed by atoms with van der Waals surface area (Å²) in [6.07, 6.45) is 4.41. The van der Waals surface area contributed by atoms with E-state index in [1.807, 2.05) is 24.3 Å². The largest absolute Gasteiger partial charge is 1.00 e. The van der Waals surface area contributed by atoms with E-state index in [1.165, 1.54) is 11.1 Å². The predicted octanol–water partition coefficient (Wildman–Crippen LogP) is 4.01. The van der Waals surface area contributed by atoms with Gasteiger partial charge in [-0.1, -0.05) is 70.7 Å². The van der Waals surface area contributed by atoms with Crippen molar-refractivity contribution in [2.75, 3.05) is 65.3 Å². The Labute approximate surface area is 363 Å². The number of hydrogen-bond donors (Lipinski definition) is 2. The first-order chi connectivity index (χ1) is 25.7. The Balaban J connectivity index is 0.000000290. The lowest BCUT2D eigenvalue weighted by atomic mass is 10.0. The second-order valence-corrected chi connectivity index (χ2v) is 16.7. The van der Waals surface area contributed by atoms with E-state index in [0.717, 1.165) is 85.5 Å². The molecular weight excluding hydrogens is 837 g/mol. The number of ether oxygens (including phenoxy) is 2. The van der Waals surface area contributed by atoms with E-state index < -0.39 is 0 Å². The zero-order valence-corrected chi connectivity index (χ0v) is 36.6. The predicted molar refractivity (Wildman–Crippen MR) is 221 cm³/mol. The van der Waals surface area contributed by atoms with Gasteiger partial charge in [0, 0.05) is 59.3 Å². The molecule has 14 heteroatoms. The van der Waals surface area contributed by atoms with Crippen LogP contribution in [0.1, 0.15) is 57.5 Å². The lowest BCUT2D eigenvalue weighted by Gasteiger charge is -2.40. The highest BCUT2D eigenvalue weighted by Crippen LogP contribution is 2.27. The van der Waals surface area contributed by atoms with Crippen LogP contribution in [0.2, 0.25) is 20.1 Å². The van der Waals surface area contributed by atoms with Gasteiger partial charge < -0.3 is 53.9 Å². The van der Waals surface area contributed by atoms with Gasteiger partial charge in [0.05, 0.1) is 86.8 Å². The van der Waals surface area contributed by atoms with E-state index in [1.54, 1.807) is 36.4 Å². The van der Waals surface area contributed by atoms with Gasteiger partial charge >= 0.3 is 0 Å². The summed E-state index contributed by atoms with van der Waals surface area (Å²) in [7, 11) is 9.10. The number of halogens is 6. The van der Waals surface area contributed by atoms with Crippen LogP contribution in [0.3, 0.4) is 0 Å². The topological polar surface area (TPSA) is 76.7 Å². The Morgan fingerprint density at radius 2 is 0.857 bits per heavy atom. The standard InChI is InChI=1S/2C21H24Cl2N2O2.2ClH/c2*1-25(2,18-9-11-27-12-10-18)14-15-3-6-17(7-4-15)24-21(26)16-5-8-19(22)20(23)13-16;;/h2*3-8,13,18H,9-12,14H2,1-2H3;2*1H. The molecule has 2 aliphatic heterocycles. The van der Waals surface area contributed by atoms with E-state index in [0.29, 0.717) is 43.3 Å². The summed E-state index contributed by atoms with van der Waals surface area (Å²) in [5, 5.41) is 7.40. The van der Waals surface area contributed by atoms with Crippen LogP contribution in [0, 0.1) is 0 Å². The first-order valence-electron chi connectivity index (χ1n) is 18.2. The molecule has 2 amide bonds. The average Bonchev–Trinajstić information content (AvgIpc) is 3.16. The molecule has 4 aromatic carbocycles. The number of nitrogens with zero attached hydrogens (tertiary/aromatic N) is 2. The second kappa shape index (κ2) is 22.0. The molecule has 0 bridgehead atoms. The van der Waals surface area contributed by atoms with Crippen LogP contribution in [0.15, 0.2) is 84.9 Å². The number of anilines is 2. The van der Waals surface area contributed by atoms with E-state index in [-0.39, 0.29) is 36.6 Å². The van der Waals surface area contributed by atoms with Crippen molar-refractivity contribution in [3.05, 3.63) is 127 Å². The molecule has 8 nitrogen and oxygen atoms in total. The minimum atomic E-state index is -0.209. The molecule has 0 unspecified atom stereocenters. The van der Waals surface area contributed by atoms with E-state index in [9.17, 15) is 9.59 Å². The Kier molecular flexibility index (Phi) is 18.7. The lowest BCUT2D eigenvalue weighted by Crippen LogP contribution is -3.00. The van der Waals surface area contributed by atoms with Crippen molar-refractivity contribution >= 4 is 69.6 Å². The lowest BCUT2D eigenvalue weighted by molar-refractivity contribution is -0.929. The zero-order valence-electron chi connectivity index (χ0n) is 32.1. The van der Waals surface area contributed by atoms with Gasteiger partial charge in [-0.05, 0) is 60.7 Å². The minimum Gasteiger partial charge on any atom is -1.00 e. The van der Waals surface area contributed by atoms with Crippen LogP contribution in [0.5, 0.6) is 0 Å². The van der Waals surface area contributed by atoms with Crippen LogP contribution in [0.25, 0.3) is 0 Å². The molecule has 0 saturated carbocycles. The fraction of sp³-hybridized carbons (Fsp3) is 0.381. The third-order valence-corrected chi connectivity index (χ3v) is 11.8. The van der Waals surface area contributed by atoms with Crippen molar-refractivity contribution in [2.24, 2.45) is 0 Å². The Hall–Kier alpha value is -2.60. The highest BCUT2D eigenvalue weighted by molar-refractivity contribution is 6.42. The highest BCUT2D eigenvalue weighted by atomic mass is 35.5. The summed E-state index contributed by atoms with van der Waals surface area (Å²) in [4.78, 5) is 24.7. The van der Waals surface area contributed by atoms with Crippen molar-refractivity contribution in [3.63, 3.8) is 0 Å². The van der Waals surface area contributed by atoms with Crippen molar-refractivity contribution in [1.29, 1.82) is 0 Å². The molecule has 2 N–H and O–H groups in total. The molecule has 304 valence electrons. The summed E-state index contributed by atoms with van der Waals surface area (Å²) in [6, 6.07) is 27.0. The summed E-state index contributed by atoms with van der Waals surface area (Å²) >= 11 is 23.8. The number of nitrogens with one attached hydrogen (secondary N) is 2. The van der Waals surface area contributed by atoms with Gasteiger partial charge in [-0.3, -0.25) is 9.59 Å². The van der Waals surface area contributed by atoms with Crippen LogP contribution < -0.4 is 35.4 Å². The molecule has 6 rings (SSSR count). The van der Waals surface area contributed by atoms with E-state index >= 15 is 0 Å².